The first-order valence-corrected chi connectivity index (χ1v) is 5.03. The summed E-state index contributed by atoms with van der Waals surface area (Å²) in [4.78, 5) is 25.6. The molecular weight excluding hydrogens is 218 g/mol. The van der Waals surface area contributed by atoms with E-state index in [1.165, 1.54) is 13.2 Å². The molecule has 2 aromatic rings. The first-order chi connectivity index (χ1) is 8.15. The van der Waals surface area contributed by atoms with Crippen molar-refractivity contribution in [3.8, 4) is 0 Å². The summed E-state index contributed by atoms with van der Waals surface area (Å²) in [5, 5.41) is 0.766. The molecule has 0 bridgehead atoms. The van der Waals surface area contributed by atoms with Gasteiger partial charge in [-0.25, -0.2) is 4.79 Å². The van der Waals surface area contributed by atoms with Crippen molar-refractivity contribution in [1.29, 1.82) is 0 Å². The number of fused-ring (bicyclic) bond motifs is 1. The topological polar surface area (TPSA) is 59.2 Å². The normalized spacial score (nSPS) is 10.2. The molecule has 86 valence electrons. The molecule has 4 nitrogen and oxygen atoms in total. The molecule has 0 amide bonds. The molecule has 0 radical (unpaired) electrons. The van der Waals surface area contributed by atoms with Crippen LogP contribution in [-0.2, 0) is 4.74 Å². The zero-order valence-electron chi connectivity index (χ0n) is 9.32. The lowest BCUT2D eigenvalue weighted by molar-refractivity contribution is 0.0601. The smallest absolute Gasteiger partial charge is 0.337 e. The minimum Gasteiger partial charge on any atom is -0.465 e. The summed E-state index contributed by atoms with van der Waals surface area (Å²) in [5.74, 6) is -0.404. The second-order valence-corrected chi connectivity index (χ2v) is 3.55. The molecule has 0 aliphatic heterocycles. The van der Waals surface area contributed by atoms with Crippen LogP contribution in [-0.4, -0.2) is 18.1 Å². The lowest BCUT2D eigenvalue weighted by atomic mass is 10.1. The number of H-pyrrole nitrogens is 1. The van der Waals surface area contributed by atoms with E-state index in [0.29, 0.717) is 16.6 Å². The minimum atomic E-state index is -0.404. The predicted molar refractivity (Wildman–Crippen MR) is 66.0 cm³/mol. The molecule has 0 aliphatic rings. The molecule has 1 aromatic carbocycles. The van der Waals surface area contributed by atoms with Crippen molar-refractivity contribution in [2.45, 2.75) is 0 Å². The highest BCUT2D eigenvalue weighted by Crippen LogP contribution is 2.14. The highest BCUT2D eigenvalue weighted by molar-refractivity contribution is 5.94. The number of carbonyl (C=O) groups excluding carboxylic acids is 1. The fraction of sp³-hybridized carbons (Fsp3) is 0.0769. The fourth-order valence-electron chi connectivity index (χ4n) is 1.62. The van der Waals surface area contributed by atoms with E-state index in [1.54, 1.807) is 24.3 Å². The van der Waals surface area contributed by atoms with Crippen molar-refractivity contribution >= 4 is 22.9 Å². The maximum atomic E-state index is 11.5. The number of ether oxygens (including phenoxy) is 1. The van der Waals surface area contributed by atoms with Crippen molar-refractivity contribution in [3.05, 3.63) is 52.3 Å². The zero-order chi connectivity index (χ0) is 12.4. The molecule has 0 spiro atoms. The number of hydrogen-bond acceptors (Lipinski definition) is 3. The largest absolute Gasteiger partial charge is 0.465 e. The Hall–Kier alpha value is -2.36. The summed E-state index contributed by atoms with van der Waals surface area (Å²) in [6.07, 6.45) is 1.48. The summed E-state index contributed by atoms with van der Waals surface area (Å²) in [7, 11) is 1.33. The number of pyridine rings is 1. The molecule has 2 rings (SSSR count). The second kappa shape index (κ2) is 4.25. The van der Waals surface area contributed by atoms with Crippen LogP contribution in [0.25, 0.3) is 17.0 Å². The maximum absolute atomic E-state index is 11.5. The maximum Gasteiger partial charge on any atom is 0.337 e. The van der Waals surface area contributed by atoms with Crippen LogP contribution in [0.4, 0.5) is 0 Å². The van der Waals surface area contributed by atoms with E-state index < -0.39 is 5.97 Å². The Balaban J connectivity index is 2.68. The molecule has 0 saturated carbocycles. The first-order valence-electron chi connectivity index (χ1n) is 5.03. The molecule has 4 heteroatoms. The molecule has 1 N–H and O–H groups in total. The Kier molecular flexibility index (Phi) is 2.78. The van der Waals surface area contributed by atoms with Gasteiger partial charge in [0.25, 0.3) is 5.56 Å². The third kappa shape index (κ3) is 1.97. The molecule has 0 atom stereocenters. The number of methoxy groups -OCH3 is 1. The third-order valence-corrected chi connectivity index (χ3v) is 2.51. The number of benzene rings is 1. The summed E-state index contributed by atoms with van der Waals surface area (Å²) >= 11 is 0. The Morgan fingerprint density at radius 3 is 2.82 bits per heavy atom. The number of nitrogens with one attached hydrogen (secondary N) is 1. The molecule has 1 aromatic heterocycles. The van der Waals surface area contributed by atoms with Crippen LogP contribution in [0.3, 0.4) is 0 Å². The lowest BCUT2D eigenvalue weighted by Gasteiger charge is -2.03. The molecule has 0 unspecified atom stereocenters. The highest BCUT2D eigenvalue weighted by Gasteiger charge is 2.07. The van der Waals surface area contributed by atoms with Gasteiger partial charge in [0.1, 0.15) is 0 Å². The van der Waals surface area contributed by atoms with Gasteiger partial charge in [0, 0.05) is 11.1 Å². The van der Waals surface area contributed by atoms with Crippen LogP contribution in [0.15, 0.2) is 35.6 Å². The third-order valence-electron chi connectivity index (χ3n) is 2.51. The van der Waals surface area contributed by atoms with E-state index in [4.69, 9.17) is 0 Å². The van der Waals surface area contributed by atoms with Crippen molar-refractivity contribution in [3.63, 3.8) is 0 Å². The Bertz CT molecular complexity index is 655. The van der Waals surface area contributed by atoms with Gasteiger partial charge in [0.2, 0.25) is 0 Å². The van der Waals surface area contributed by atoms with Gasteiger partial charge < -0.3 is 9.72 Å². The van der Waals surface area contributed by atoms with Crippen molar-refractivity contribution in [2.24, 2.45) is 0 Å². The van der Waals surface area contributed by atoms with Crippen molar-refractivity contribution < 1.29 is 9.53 Å². The van der Waals surface area contributed by atoms with Gasteiger partial charge >= 0.3 is 5.97 Å². The standard InChI is InChI=1S/C13H11NO3/c1-3-8-6-10-7-9(13(16)17-2)4-5-11(10)14-12(8)15/h3-7H,1H2,2H3,(H,14,15). The molecular formula is C13H11NO3. The van der Waals surface area contributed by atoms with E-state index in [0.717, 1.165) is 5.39 Å². The van der Waals surface area contributed by atoms with E-state index in [1.807, 2.05) is 0 Å². The van der Waals surface area contributed by atoms with Gasteiger partial charge in [0.05, 0.1) is 12.7 Å². The van der Waals surface area contributed by atoms with Crippen LogP contribution < -0.4 is 5.56 Å². The van der Waals surface area contributed by atoms with E-state index in [2.05, 4.69) is 16.3 Å². The van der Waals surface area contributed by atoms with E-state index in [-0.39, 0.29) is 5.56 Å². The SMILES string of the molecule is C=Cc1cc2cc(C(=O)OC)ccc2[nH]c1=O. The van der Waals surface area contributed by atoms with Gasteiger partial charge in [-0.15, -0.1) is 0 Å². The van der Waals surface area contributed by atoms with E-state index in [9.17, 15) is 9.59 Å². The number of carbonyl (C=O) groups is 1. The summed E-state index contributed by atoms with van der Waals surface area (Å²) < 4.78 is 4.63. The number of aromatic nitrogens is 1. The number of esters is 1. The van der Waals surface area contributed by atoms with Crippen LogP contribution in [0.1, 0.15) is 15.9 Å². The van der Waals surface area contributed by atoms with Crippen LogP contribution in [0.5, 0.6) is 0 Å². The van der Waals surface area contributed by atoms with Crippen molar-refractivity contribution in [1.82, 2.24) is 4.98 Å². The monoisotopic (exact) mass is 229 g/mol. The number of aromatic amines is 1. The quantitative estimate of drug-likeness (QED) is 0.801. The molecule has 1 heterocycles. The Morgan fingerprint density at radius 1 is 1.41 bits per heavy atom. The van der Waals surface area contributed by atoms with Gasteiger partial charge in [-0.3, -0.25) is 4.79 Å². The second-order valence-electron chi connectivity index (χ2n) is 3.55. The van der Waals surface area contributed by atoms with Gasteiger partial charge in [-0.2, -0.15) is 0 Å². The minimum absolute atomic E-state index is 0.196. The molecule has 0 fully saturated rings. The van der Waals surface area contributed by atoms with Crippen molar-refractivity contribution in [2.75, 3.05) is 7.11 Å². The number of rotatable bonds is 2. The zero-order valence-corrected chi connectivity index (χ0v) is 9.32. The predicted octanol–water partition coefficient (Wildman–Crippen LogP) is 1.96. The summed E-state index contributed by atoms with van der Waals surface area (Å²) in [6, 6.07) is 6.64. The van der Waals surface area contributed by atoms with Gasteiger partial charge in [-0.05, 0) is 29.7 Å². The summed E-state index contributed by atoms with van der Waals surface area (Å²) in [6.45, 7) is 3.56. The van der Waals surface area contributed by atoms with E-state index >= 15 is 0 Å². The number of hydrogen-bond donors (Lipinski definition) is 1. The average Bonchev–Trinajstić information content (AvgIpc) is 2.36. The first kappa shape index (κ1) is 11.1. The summed E-state index contributed by atoms with van der Waals surface area (Å²) in [5.41, 5.74) is 1.40. The van der Waals surface area contributed by atoms with Gasteiger partial charge in [0.15, 0.2) is 0 Å². The van der Waals surface area contributed by atoms with Crippen LogP contribution in [0, 0.1) is 0 Å². The highest BCUT2D eigenvalue weighted by atomic mass is 16.5. The Labute approximate surface area is 97.5 Å². The molecule has 17 heavy (non-hydrogen) atoms. The molecule has 0 aliphatic carbocycles. The van der Waals surface area contributed by atoms with Crippen LogP contribution >= 0.6 is 0 Å². The van der Waals surface area contributed by atoms with Crippen LogP contribution in [0.2, 0.25) is 0 Å². The molecule has 0 saturated heterocycles. The van der Waals surface area contributed by atoms with Gasteiger partial charge in [-0.1, -0.05) is 12.7 Å². The average molecular weight is 229 g/mol. The fourth-order valence-corrected chi connectivity index (χ4v) is 1.62. The Morgan fingerprint density at radius 2 is 2.18 bits per heavy atom. The lowest BCUT2D eigenvalue weighted by Crippen LogP contribution is -2.09.